The minimum atomic E-state index is -0.550. The molecule has 1 aliphatic carbocycles. The Morgan fingerprint density at radius 1 is 0.852 bits per heavy atom. The van der Waals surface area contributed by atoms with E-state index in [0.717, 1.165) is 36.8 Å². The summed E-state index contributed by atoms with van der Waals surface area (Å²) >= 11 is 0. The molecule has 4 heteroatoms. The highest BCUT2D eigenvalue weighted by atomic mass is 16.2. The lowest BCUT2D eigenvalue weighted by atomic mass is 9.87. The second-order valence-electron chi connectivity index (χ2n) is 7.51. The van der Waals surface area contributed by atoms with Gasteiger partial charge in [-0.25, -0.2) is 0 Å². The van der Waals surface area contributed by atoms with E-state index in [0.29, 0.717) is 12.5 Å². The molecule has 0 aliphatic heterocycles. The highest BCUT2D eigenvalue weighted by Gasteiger charge is 2.23. The smallest absolute Gasteiger partial charge is 0.309 e. The number of rotatable bonds is 5. The molecule has 0 atom stereocenters. The van der Waals surface area contributed by atoms with E-state index in [1.165, 1.54) is 0 Å². The van der Waals surface area contributed by atoms with Crippen LogP contribution in [0.1, 0.15) is 49.7 Å². The summed E-state index contributed by atoms with van der Waals surface area (Å²) in [6, 6.07) is 20.2. The Morgan fingerprint density at radius 3 is 1.89 bits per heavy atom. The van der Waals surface area contributed by atoms with Gasteiger partial charge >= 0.3 is 11.8 Å². The Hall–Kier alpha value is -2.62. The highest BCUT2D eigenvalue weighted by molar-refractivity contribution is 6.35. The van der Waals surface area contributed by atoms with Crippen LogP contribution in [0.3, 0.4) is 0 Å². The number of carbonyl (C=O) groups is 2. The van der Waals surface area contributed by atoms with E-state index in [1.54, 1.807) is 0 Å². The average Bonchev–Trinajstić information content (AvgIpc) is 2.71. The number of nitrogens with one attached hydrogen (secondary N) is 2. The predicted molar refractivity (Wildman–Crippen MR) is 107 cm³/mol. The van der Waals surface area contributed by atoms with E-state index >= 15 is 0 Å². The van der Waals surface area contributed by atoms with Gasteiger partial charge in [-0.2, -0.15) is 0 Å². The first-order valence-corrected chi connectivity index (χ1v) is 9.82. The highest BCUT2D eigenvalue weighted by Crippen LogP contribution is 2.24. The van der Waals surface area contributed by atoms with Crippen molar-refractivity contribution < 1.29 is 9.59 Å². The zero-order valence-corrected chi connectivity index (χ0v) is 15.9. The third-order valence-corrected chi connectivity index (χ3v) is 5.43. The van der Waals surface area contributed by atoms with Crippen LogP contribution < -0.4 is 10.6 Å². The van der Waals surface area contributed by atoms with Crippen LogP contribution in [-0.2, 0) is 9.59 Å². The molecule has 0 bridgehead atoms. The Morgan fingerprint density at radius 2 is 1.37 bits per heavy atom. The maximum atomic E-state index is 12.3. The minimum Gasteiger partial charge on any atom is -0.347 e. The molecule has 142 valence electrons. The lowest BCUT2D eigenvalue weighted by molar-refractivity contribution is -0.139. The van der Waals surface area contributed by atoms with Crippen molar-refractivity contribution in [2.45, 2.75) is 44.6 Å². The molecule has 2 amide bonds. The predicted octanol–water partition coefficient (Wildman–Crippen LogP) is 3.63. The van der Waals surface area contributed by atoms with Gasteiger partial charge in [0.25, 0.3) is 0 Å². The molecule has 4 nitrogen and oxygen atoms in total. The summed E-state index contributed by atoms with van der Waals surface area (Å²) in [5.74, 6) is -0.343. The maximum absolute atomic E-state index is 12.3. The summed E-state index contributed by atoms with van der Waals surface area (Å²) in [5.41, 5.74) is 2.23. The van der Waals surface area contributed by atoms with Gasteiger partial charge in [0, 0.05) is 18.5 Å². The number of hydrogen-bond acceptors (Lipinski definition) is 2. The van der Waals surface area contributed by atoms with Gasteiger partial charge in [0.05, 0.1) is 0 Å². The van der Waals surface area contributed by atoms with Crippen molar-refractivity contribution in [3.05, 3.63) is 71.8 Å². The molecule has 0 radical (unpaired) electrons. The van der Waals surface area contributed by atoms with E-state index in [9.17, 15) is 9.59 Å². The largest absolute Gasteiger partial charge is 0.347 e. The first-order chi connectivity index (χ1) is 13.1. The molecule has 1 fully saturated rings. The molecule has 27 heavy (non-hydrogen) atoms. The summed E-state index contributed by atoms with van der Waals surface area (Å²) in [5, 5.41) is 5.72. The number of hydrogen-bond donors (Lipinski definition) is 2. The van der Waals surface area contributed by atoms with Gasteiger partial charge < -0.3 is 10.6 Å². The fourth-order valence-electron chi connectivity index (χ4n) is 3.73. The number of carbonyl (C=O) groups excluding carboxylic acids is 2. The van der Waals surface area contributed by atoms with Crippen molar-refractivity contribution in [3.8, 4) is 0 Å². The van der Waals surface area contributed by atoms with E-state index in [-0.39, 0.29) is 12.0 Å². The van der Waals surface area contributed by atoms with E-state index in [1.807, 2.05) is 60.7 Å². The van der Waals surface area contributed by atoms with Crippen molar-refractivity contribution in [2.75, 3.05) is 6.54 Å². The molecular formula is C23H28N2O2. The Balaban J connectivity index is 1.60. The summed E-state index contributed by atoms with van der Waals surface area (Å²) in [6.07, 6.45) is 4.13. The van der Waals surface area contributed by atoms with Crippen LogP contribution >= 0.6 is 0 Å². The quantitative estimate of drug-likeness (QED) is 0.796. The summed E-state index contributed by atoms with van der Waals surface area (Å²) in [4.78, 5) is 24.6. The molecule has 2 aromatic rings. The second kappa shape index (κ2) is 9.36. The molecule has 0 aromatic heterocycles. The lowest BCUT2D eigenvalue weighted by Gasteiger charge is -2.26. The monoisotopic (exact) mass is 364 g/mol. The van der Waals surface area contributed by atoms with Crippen LogP contribution in [0.5, 0.6) is 0 Å². The Kier molecular flexibility index (Phi) is 6.64. The van der Waals surface area contributed by atoms with Crippen LogP contribution in [0.25, 0.3) is 0 Å². The van der Waals surface area contributed by atoms with Gasteiger partial charge in [-0.1, -0.05) is 67.6 Å². The van der Waals surface area contributed by atoms with Crippen LogP contribution in [0.2, 0.25) is 0 Å². The van der Waals surface area contributed by atoms with Crippen molar-refractivity contribution in [1.82, 2.24) is 10.6 Å². The van der Waals surface area contributed by atoms with Gasteiger partial charge in [-0.3, -0.25) is 9.59 Å². The molecule has 0 saturated heterocycles. The Labute approximate surface area is 161 Å². The van der Waals surface area contributed by atoms with Crippen LogP contribution in [-0.4, -0.2) is 24.4 Å². The zero-order valence-electron chi connectivity index (χ0n) is 15.9. The third-order valence-electron chi connectivity index (χ3n) is 5.43. The van der Waals surface area contributed by atoms with Gasteiger partial charge in [0.2, 0.25) is 0 Å². The standard InChI is InChI=1S/C23H28N2O2/c1-17-12-14-20(15-13-17)25-23(27)22(26)24-16-21(18-8-4-2-5-9-18)19-10-6-3-7-11-19/h2-11,17,20-21H,12-16H2,1H3,(H,24,26)(H,25,27). The fourth-order valence-corrected chi connectivity index (χ4v) is 3.73. The van der Waals surface area contributed by atoms with Crippen LogP contribution in [0.4, 0.5) is 0 Å². The average molecular weight is 364 g/mol. The van der Waals surface area contributed by atoms with Crippen molar-refractivity contribution in [3.63, 3.8) is 0 Å². The van der Waals surface area contributed by atoms with E-state index < -0.39 is 11.8 Å². The second-order valence-corrected chi connectivity index (χ2v) is 7.51. The van der Waals surface area contributed by atoms with Gasteiger partial charge in [0.15, 0.2) is 0 Å². The molecule has 0 unspecified atom stereocenters. The van der Waals surface area contributed by atoms with Gasteiger partial charge in [0.1, 0.15) is 0 Å². The van der Waals surface area contributed by atoms with Crippen molar-refractivity contribution in [2.24, 2.45) is 5.92 Å². The number of amides is 2. The maximum Gasteiger partial charge on any atom is 0.309 e. The van der Waals surface area contributed by atoms with Crippen LogP contribution in [0.15, 0.2) is 60.7 Å². The SMILES string of the molecule is CC1CCC(NC(=O)C(=O)NCC(c2ccccc2)c2ccccc2)CC1. The minimum absolute atomic E-state index is 0.0136. The molecular weight excluding hydrogens is 336 g/mol. The molecule has 2 aromatic carbocycles. The van der Waals surface area contributed by atoms with Gasteiger partial charge in [-0.15, -0.1) is 0 Å². The topological polar surface area (TPSA) is 58.2 Å². The first-order valence-electron chi connectivity index (χ1n) is 9.82. The molecule has 2 N–H and O–H groups in total. The fraction of sp³-hybridized carbons (Fsp3) is 0.391. The molecule has 3 rings (SSSR count). The van der Waals surface area contributed by atoms with Gasteiger partial charge in [-0.05, 0) is 42.7 Å². The first kappa shape index (κ1) is 19.2. The van der Waals surface area contributed by atoms with Crippen LogP contribution in [0, 0.1) is 5.92 Å². The van der Waals surface area contributed by atoms with E-state index in [4.69, 9.17) is 0 Å². The summed E-state index contributed by atoms with van der Waals surface area (Å²) in [6.45, 7) is 2.63. The summed E-state index contributed by atoms with van der Waals surface area (Å²) in [7, 11) is 0. The third kappa shape index (κ3) is 5.43. The number of benzene rings is 2. The normalized spacial score (nSPS) is 19.5. The van der Waals surface area contributed by atoms with Crippen molar-refractivity contribution in [1.29, 1.82) is 0 Å². The van der Waals surface area contributed by atoms with E-state index in [2.05, 4.69) is 17.6 Å². The molecule has 1 saturated carbocycles. The molecule has 0 spiro atoms. The van der Waals surface area contributed by atoms with Crippen molar-refractivity contribution >= 4 is 11.8 Å². The molecule has 1 aliphatic rings. The molecule has 0 heterocycles. The zero-order chi connectivity index (χ0) is 19.1. The lowest BCUT2D eigenvalue weighted by Crippen LogP contribution is -2.46. The Bertz CT molecular complexity index is 698. The summed E-state index contributed by atoms with van der Waals surface area (Å²) < 4.78 is 0.